The van der Waals surface area contributed by atoms with E-state index in [0.29, 0.717) is 17.5 Å². The van der Waals surface area contributed by atoms with Crippen LogP contribution in [0.5, 0.6) is 0 Å². The molecule has 2 aromatic carbocycles. The average Bonchev–Trinajstić information content (AvgIpc) is 2.81. The molecule has 192 valence electrons. The van der Waals surface area contributed by atoms with Crippen molar-refractivity contribution in [2.75, 3.05) is 48.8 Å². The van der Waals surface area contributed by atoms with Gasteiger partial charge in [-0.1, -0.05) is 6.07 Å². The topological polar surface area (TPSA) is 104 Å². The number of anilines is 5. The summed E-state index contributed by atoms with van der Waals surface area (Å²) in [5.74, 6) is 1.06. The number of nitrogens with zero attached hydrogens (tertiary/aromatic N) is 3. The van der Waals surface area contributed by atoms with Crippen LogP contribution in [0.4, 0.5) is 28.8 Å². The van der Waals surface area contributed by atoms with Gasteiger partial charge in [-0.25, -0.2) is 18.1 Å². The Morgan fingerprint density at radius 2 is 1.67 bits per heavy atom. The molecule has 9 nitrogen and oxygen atoms in total. The third kappa shape index (κ3) is 6.71. The largest absolute Gasteiger partial charge is 0.360 e. The van der Waals surface area contributed by atoms with E-state index in [2.05, 4.69) is 49.4 Å². The highest BCUT2D eigenvalue weighted by atomic mass is 32.2. The quantitative estimate of drug-likeness (QED) is 0.388. The highest BCUT2D eigenvalue weighted by molar-refractivity contribution is 7.89. The molecule has 1 fully saturated rings. The molecule has 2 heterocycles. The van der Waals surface area contributed by atoms with Crippen LogP contribution in [0.15, 0.2) is 59.6 Å². The Balaban J connectivity index is 1.47. The van der Waals surface area contributed by atoms with Gasteiger partial charge in [0.2, 0.25) is 16.0 Å². The van der Waals surface area contributed by atoms with Crippen LogP contribution in [0.25, 0.3) is 0 Å². The molecule has 4 N–H and O–H groups in total. The summed E-state index contributed by atoms with van der Waals surface area (Å²) in [4.78, 5) is 13.2. The van der Waals surface area contributed by atoms with Crippen molar-refractivity contribution in [3.8, 4) is 0 Å². The molecule has 0 atom stereocenters. The number of rotatable bonds is 7. The second kappa shape index (κ2) is 10.4. The Morgan fingerprint density at radius 1 is 0.972 bits per heavy atom. The molecule has 4 rings (SSSR count). The smallest absolute Gasteiger partial charge is 0.241 e. The van der Waals surface area contributed by atoms with Crippen molar-refractivity contribution in [2.45, 2.75) is 38.1 Å². The summed E-state index contributed by atoms with van der Waals surface area (Å²) < 4.78 is 28.2. The minimum absolute atomic E-state index is 0.189. The number of likely N-dealkylation sites (N-methyl/N-ethyl adjacent to an activating group) is 1. The van der Waals surface area contributed by atoms with Gasteiger partial charge in [-0.05, 0) is 70.2 Å². The Bertz CT molecular complexity index is 1300. The number of quaternary nitrogens is 1. The summed E-state index contributed by atoms with van der Waals surface area (Å²) in [6.07, 6.45) is 1.74. The number of benzene rings is 2. The first-order valence-electron chi connectivity index (χ1n) is 12.2. The lowest BCUT2D eigenvalue weighted by Gasteiger charge is -2.31. The number of piperazine rings is 1. The number of sulfonamides is 1. The van der Waals surface area contributed by atoms with E-state index >= 15 is 0 Å². The Kier molecular flexibility index (Phi) is 7.49. The fourth-order valence-corrected chi connectivity index (χ4v) is 5.46. The molecule has 0 spiro atoms. The summed E-state index contributed by atoms with van der Waals surface area (Å²) in [7, 11) is -1.41. The van der Waals surface area contributed by atoms with Crippen LogP contribution in [0.3, 0.4) is 0 Å². The molecule has 36 heavy (non-hydrogen) atoms. The maximum absolute atomic E-state index is 12.7. The Hall–Kier alpha value is -3.21. The van der Waals surface area contributed by atoms with Crippen molar-refractivity contribution in [3.05, 3.63) is 60.3 Å². The molecule has 0 unspecified atom stereocenters. The molecule has 1 aliphatic rings. The van der Waals surface area contributed by atoms with E-state index < -0.39 is 15.6 Å². The molecule has 0 radical (unpaired) electrons. The minimum Gasteiger partial charge on any atom is -0.360 e. The first-order valence-corrected chi connectivity index (χ1v) is 13.6. The lowest BCUT2D eigenvalue weighted by Crippen LogP contribution is -3.12. The van der Waals surface area contributed by atoms with Gasteiger partial charge in [0, 0.05) is 34.4 Å². The zero-order chi connectivity index (χ0) is 25.9. The highest BCUT2D eigenvalue weighted by Gasteiger charge is 2.22. The third-order valence-corrected chi connectivity index (χ3v) is 7.68. The molecule has 1 aromatic heterocycles. The molecule has 0 saturated carbocycles. The van der Waals surface area contributed by atoms with Crippen molar-refractivity contribution in [1.82, 2.24) is 14.7 Å². The zero-order valence-corrected chi connectivity index (χ0v) is 22.4. The molecule has 3 aromatic rings. The number of aromatic nitrogens is 2. The van der Waals surface area contributed by atoms with Gasteiger partial charge >= 0.3 is 0 Å². The SMILES string of the molecule is Cc1cnc(Nc2ccc(N3CC[NH+](C)CC3)cc2)nc1Nc1cccc(S(=O)(=O)NC(C)(C)C)c1. The van der Waals surface area contributed by atoms with Crippen LogP contribution >= 0.6 is 0 Å². The molecular weight excluding hydrogens is 474 g/mol. The number of aryl methyl sites for hydroxylation is 1. The van der Waals surface area contributed by atoms with Crippen molar-refractivity contribution >= 4 is 38.9 Å². The van der Waals surface area contributed by atoms with E-state index in [0.717, 1.165) is 37.4 Å². The molecule has 10 heteroatoms. The predicted molar refractivity (Wildman–Crippen MR) is 145 cm³/mol. The second-order valence-electron chi connectivity index (χ2n) is 10.3. The van der Waals surface area contributed by atoms with Crippen LogP contribution < -0.4 is 25.2 Å². The average molecular weight is 511 g/mol. The minimum atomic E-state index is -3.65. The van der Waals surface area contributed by atoms with Gasteiger partial charge in [-0.2, -0.15) is 4.98 Å². The number of hydrogen-bond acceptors (Lipinski definition) is 7. The predicted octanol–water partition coefficient (Wildman–Crippen LogP) is 2.68. The van der Waals surface area contributed by atoms with Gasteiger partial charge in [0.15, 0.2) is 0 Å². The fourth-order valence-electron chi connectivity index (χ4n) is 4.00. The fraction of sp³-hybridized carbons (Fsp3) is 0.385. The molecule has 1 saturated heterocycles. The van der Waals surface area contributed by atoms with Gasteiger partial charge in [0.1, 0.15) is 5.82 Å². The highest BCUT2D eigenvalue weighted by Crippen LogP contribution is 2.24. The molecule has 0 bridgehead atoms. The maximum Gasteiger partial charge on any atom is 0.241 e. The van der Waals surface area contributed by atoms with E-state index in [1.54, 1.807) is 29.3 Å². The van der Waals surface area contributed by atoms with E-state index in [4.69, 9.17) is 0 Å². The van der Waals surface area contributed by atoms with Gasteiger partial charge in [0.25, 0.3) is 0 Å². The summed E-state index contributed by atoms with van der Waals surface area (Å²) in [5.41, 5.74) is 3.01. The van der Waals surface area contributed by atoms with Crippen LogP contribution in [0.1, 0.15) is 26.3 Å². The normalized spacial score (nSPS) is 15.1. The zero-order valence-electron chi connectivity index (χ0n) is 21.6. The van der Waals surface area contributed by atoms with Crippen LogP contribution in [-0.2, 0) is 10.0 Å². The third-order valence-electron chi connectivity index (χ3n) is 5.92. The number of nitrogens with one attached hydrogen (secondary N) is 4. The second-order valence-corrected chi connectivity index (χ2v) is 12.0. The summed E-state index contributed by atoms with van der Waals surface area (Å²) >= 11 is 0. The van der Waals surface area contributed by atoms with Crippen molar-refractivity contribution < 1.29 is 13.3 Å². The van der Waals surface area contributed by atoms with Gasteiger partial charge in [-0.15, -0.1) is 0 Å². The first kappa shape index (κ1) is 25.9. The monoisotopic (exact) mass is 510 g/mol. The Labute approximate surface area is 214 Å². The van der Waals surface area contributed by atoms with Crippen molar-refractivity contribution in [2.24, 2.45) is 0 Å². The molecule has 1 aliphatic heterocycles. The lowest BCUT2D eigenvalue weighted by atomic mass is 10.1. The Morgan fingerprint density at radius 3 is 2.33 bits per heavy atom. The van der Waals surface area contributed by atoms with E-state index in [9.17, 15) is 8.42 Å². The van der Waals surface area contributed by atoms with Crippen LogP contribution in [-0.4, -0.2) is 57.2 Å². The van der Waals surface area contributed by atoms with Gasteiger partial charge in [0.05, 0.1) is 38.1 Å². The molecular formula is C26H36N7O2S+. The van der Waals surface area contributed by atoms with Crippen molar-refractivity contribution in [3.63, 3.8) is 0 Å². The van der Waals surface area contributed by atoms with E-state index in [-0.39, 0.29) is 4.90 Å². The van der Waals surface area contributed by atoms with Crippen LogP contribution in [0, 0.1) is 6.92 Å². The maximum atomic E-state index is 12.7. The van der Waals surface area contributed by atoms with Gasteiger partial charge in [-0.3, -0.25) is 0 Å². The van der Waals surface area contributed by atoms with Crippen LogP contribution in [0.2, 0.25) is 0 Å². The van der Waals surface area contributed by atoms with Crippen molar-refractivity contribution in [1.29, 1.82) is 0 Å². The van der Waals surface area contributed by atoms with E-state index in [1.165, 1.54) is 5.69 Å². The lowest BCUT2D eigenvalue weighted by molar-refractivity contribution is -0.880. The van der Waals surface area contributed by atoms with E-state index in [1.807, 2.05) is 45.9 Å². The standard InChI is InChI=1S/C26H35N7O2S/c1-19-18-27-25(29-20-9-11-22(12-10-20)33-15-13-32(5)14-16-33)30-24(19)28-21-7-6-8-23(17-21)36(34,35)31-26(2,3)4/h6-12,17-18,31H,13-16H2,1-5H3,(H2,27,28,29,30)/p+1. The summed E-state index contributed by atoms with van der Waals surface area (Å²) in [6, 6.07) is 15.0. The molecule has 0 amide bonds. The summed E-state index contributed by atoms with van der Waals surface area (Å²) in [6.45, 7) is 11.8. The number of hydrogen-bond donors (Lipinski definition) is 4. The molecule has 0 aliphatic carbocycles. The summed E-state index contributed by atoms with van der Waals surface area (Å²) in [5, 5.41) is 6.50. The van der Waals surface area contributed by atoms with Gasteiger partial charge < -0.3 is 20.4 Å². The first-order chi connectivity index (χ1) is 17.0.